The van der Waals surface area contributed by atoms with Crippen molar-refractivity contribution in [2.75, 3.05) is 26.7 Å². The Morgan fingerprint density at radius 2 is 1.94 bits per heavy atom. The molecule has 7 heteroatoms. The molecule has 2 aromatic carbocycles. The van der Waals surface area contributed by atoms with Crippen molar-refractivity contribution in [3.05, 3.63) is 77.9 Å². The number of hydrogen-bond donors (Lipinski definition) is 1. The zero-order valence-corrected chi connectivity index (χ0v) is 17.8. The molecule has 31 heavy (non-hydrogen) atoms. The number of urea groups is 1. The first kappa shape index (κ1) is 22.7. The summed E-state index contributed by atoms with van der Waals surface area (Å²) in [5.41, 5.74) is 1.23. The number of nitrogens with one attached hydrogen (secondary N) is 1. The molecule has 1 saturated heterocycles. The van der Waals surface area contributed by atoms with Gasteiger partial charge in [-0.05, 0) is 56.7 Å². The Balaban J connectivity index is 1.67. The van der Waals surface area contributed by atoms with Crippen LogP contribution >= 0.6 is 0 Å². The van der Waals surface area contributed by atoms with Crippen molar-refractivity contribution in [3.63, 3.8) is 0 Å². The number of halogens is 2. The van der Waals surface area contributed by atoms with Crippen LogP contribution in [0.25, 0.3) is 0 Å². The second-order valence-corrected chi connectivity index (χ2v) is 7.80. The van der Waals surface area contributed by atoms with E-state index in [4.69, 9.17) is 4.74 Å². The summed E-state index contributed by atoms with van der Waals surface area (Å²) in [6.07, 6.45) is 3.29. The molecule has 166 valence electrons. The average Bonchev–Trinajstić information content (AvgIpc) is 2.77. The van der Waals surface area contributed by atoms with Gasteiger partial charge >= 0.3 is 6.03 Å². The molecule has 0 saturated carbocycles. The van der Waals surface area contributed by atoms with Crippen LogP contribution in [0.15, 0.2) is 55.1 Å². The number of rotatable bonds is 8. The van der Waals surface area contributed by atoms with Crippen LogP contribution in [0.5, 0.6) is 5.75 Å². The van der Waals surface area contributed by atoms with E-state index >= 15 is 0 Å². The zero-order valence-electron chi connectivity index (χ0n) is 17.8. The van der Waals surface area contributed by atoms with Crippen molar-refractivity contribution in [3.8, 4) is 5.75 Å². The fraction of sp³-hybridized carbons (Fsp3) is 0.375. The molecule has 1 fully saturated rings. The molecule has 0 aliphatic carbocycles. The topological polar surface area (TPSA) is 44.8 Å². The number of carbonyl (C=O) groups is 1. The monoisotopic (exact) mass is 429 g/mol. The van der Waals surface area contributed by atoms with Gasteiger partial charge in [0.05, 0.1) is 6.54 Å². The largest absolute Gasteiger partial charge is 0.490 e. The summed E-state index contributed by atoms with van der Waals surface area (Å²) in [5.74, 6) is -0.535. The lowest BCUT2D eigenvalue weighted by atomic mass is 10.0. The molecular weight excluding hydrogens is 400 g/mol. The van der Waals surface area contributed by atoms with E-state index in [0.29, 0.717) is 18.7 Å². The summed E-state index contributed by atoms with van der Waals surface area (Å²) in [7, 11) is 2.04. The zero-order chi connectivity index (χ0) is 22.2. The van der Waals surface area contributed by atoms with Crippen LogP contribution in [0.3, 0.4) is 0 Å². The Bertz CT molecular complexity index is 881. The summed E-state index contributed by atoms with van der Waals surface area (Å²) in [6.45, 7) is 6.23. The van der Waals surface area contributed by atoms with E-state index in [-0.39, 0.29) is 18.6 Å². The van der Waals surface area contributed by atoms with Crippen molar-refractivity contribution in [2.24, 2.45) is 0 Å². The second-order valence-electron chi connectivity index (χ2n) is 7.80. The summed E-state index contributed by atoms with van der Waals surface area (Å²) >= 11 is 0. The number of piperidine rings is 1. The molecule has 3 rings (SSSR count). The lowest BCUT2D eigenvalue weighted by Crippen LogP contribution is -2.49. The third kappa shape index (κ3) is 6.52. The SMILES string of the molecule is C=CCOc1ccc(CNC(=O)N(Cc2ccc(F)cc2F)C2CCN(C)CC2)cc1. The molecule has 0 unspecified atom stereocenters. The number of ether oxygens (including phenoxy) is 1. The minimum atomic E-state index is -0.638. The minimum Gasteiger partial charge on any atom is -0.490 e. The standard InChI is InChI=1S/C24H29F2N3O2/c1-3-14-31-22-8-4-18(5-9-22)16-27-24(30)29(21-10-12-28(2)13-11-21)17-19-6-7-20(25)15-23(19)26/h3-9,15,21H,1,10-14,16-17H2,2H3,(H,27,30). The van der Waals surface area contributed by atoms with Gasteiger partial charge in [0.25, 0.3) is 0 Å². The van der Waals surface area contributed by atoms with Gasteiger partial charge in [0, 0.05) is 24.2 Å². The molecule has 0 spiro atoms. The van der Waals surface area contributed by atoms with E-state index in [1.54, 1.807) is 11.0 Å². The first-order valence-electron chi connectivity index (χ1n) is 10.5. The number of carbonyl (C=O) groups excluding carboxylic acids is 1. The molecule has 5 nitrogen and oxygen atoms in total. The van der Waals surface area contributed by atoms with Crippen LogP contribution in [0.4, 0.5) is 13.6 Å². The second kappa shape index (κ2) is 10.9. The average molecular weight is 430 g/mol. The molecular formula is C24H29F2N3O2. The van der Waals surface area contributed by atoms with Gasteiger partial charge in [-0.25, -0.2) is 13.6 Å². The smallest absolute Gasteiger partial charge is 0.318 e. The van der Waals surface area contributed by atoms with E-state index < -0.39 is 11.6 Å². The Morgan fingerprint density at radius 1 is 1.23 bits per heavy atom. The maximum Gasteiger partial charge on any atom is 0.318 e. The summed E-state index contributed by atoms with van der Waals surface area (Å²) in [6, 6.07) is 10.7. The van der Waals surface area contributed by atoms with Crippen LogP contribution in [0, 0.1) is 11.6 Å². The van der Waals surface area contributed by atoms with Crippen LogP contribution in [0.1, 0.15) is 24.0 Å². The third-order valence-corrected chi connectivity index (χ3v) is 5.48. The van der Waals surface area contributed by atoms with Gasteiger partial charge in [-0.1, -0.05) is 30.9 Å². The quantitative estimate of drug-likeness (QED) is 0.635. The lowest BCUT2D eigenvalue weighted by molar-refractivity contribution is 0.126. The van der Waals surface area contributed by atoms with Gasteiger partial charge in [0.1, 0.15) is 24.0 Å². The molecule has 0 radical (unpaired) electrons. The highest BCUT2D eigenvalue weighted by Gasteiger charge is 2.27. The van der Waals surface area contributed by atoms with E-state index in [0.717, 1.165) is 43.3 Å². The van der Waals surface area contributed by atoms with E-state index in [2.05, 4.69) is 16.8 Å². The molecule has 1 aliphatic rings. The van der Waals surface area contributed by atoms with Crippen molar-refractivity contribution in [2.45, 2.75) is 32.0 Å². The first-order valence-corrected chi connectivity index (χ1v) is 10.5. The van der Waals surface area contributed by atoms with Crippen molar-refractivity contribution in [1.29, 1.82) is 0 Å². The molecule has 0 bridgehead atoms. The fourth-order valence-corrected chi connectivity index (χ4v) is 3.64. The van der Waals surface area contributed by atoms with E-state index in [9.17, 15) is 13.6 Å². The Labute approximate surface area is 182 Å². The lowest BCUT2D eigenvalue weighted by Gasteiger charge is -2.37. The fourth-order valence-electron chi connectivity index (χ4n) is 3.64. The van der Waals surface area contributed by atoms with Gasteiger partial charge in [-0.15, -0.1) is 0 Å². The Hall–Kier alpha value is -2.93. The highest BCUT2D eigenvalue weighted by molar-refractivity contribution is 5.74. The van der Waals surface area contributed by atoms with Crippen LogP contribution < -0.4 is 10.1 Å². The number of likely N-dealkylation sites (tertiary alicyclic amines) is 1. The molecule has 2 aromatic rings. The summed E-state index contributed by atoms with van der Waals surface area (Å²) in [4.78, 5) is 16.9. The highest BCUT2D eigenvalue weighted by atomic mass is 19.1. The van der Waals surface area contributed by atoms with Gasteiger partial charge in [-0.2, -0.15) is 0 Å². The van der Waals surface area contributed by atoms with Crippen molar-refractivity contribution < 1.29 is 18.3 Å². The summed E-state index contributed by atoms with van der Waals surface area (Å²) in [5, 5.41) is 2.94. The molecule has 1 N–H and O–H groups in total. The molecule has 2 amide bonds. The van der Waals surface area contributed by atoms with Gasteiger partial charge in [0.2, 0.25) is 0 Å². The molecule has 1 aliphatic heterocycles. The third-order valence-electron chi connectivity index (χ3n) is 5.48. The van der Waals surface area contributed by atoms with Crippen LogP contribution in [-0.4, -0.2) is 48.6 Å². The maximum atomic E-state index is 14.3. The van der Waals surface area contributed by atoms with Gasteiger partial charge in [-0.3, -0.25) is 0 Å². The maximum absolute atomic E-state index is 14.3. The van der Waals surface area contributed by atoms with Crippen molar-refractivity contribution in [1.82, 2.24) is 15.1 Å². The number of amides is 2. The first-order chi connectivity index (χ1) is 15.0. The molecule has 0 aromatic heterocycles. The molecule has 0 atom stereocenters. The number of nitrogens with zero attached hydrogens (tertiary/aromatic N) is 2. The normalized spacial score (nSPS) is 14.8. The Morgan fingerprint density at radius 3 is 2.58 bits per heavy atom. The van der Waals surface area contributed by atoms with Crippen LogP contribution in [-0.2, 0) is 13.1 Å². The van der Waals surface area contributed by atoms with E-state index in [1.165, 1.54) is 12.1 Å². The van der Waals surface area contributed by atoms with Gasteiger partial charge in [0.15, 0.2) is 0 Å². The van der Waals surface area contributed by atoms with E-state index in [1.807, 2.05) is 31.3 Å². The Kier molecular flexibility index (Phi) is 8.00. The summed E-state index contributed by atoms with van der Waals surface area (Å²) < 4.78 is 33.0. The minimum absolute atomic E-state index is 0.00432. The molecule has 1 heterocycles. The number of hydrogen-bond acceptors (Lipinski definition) is 3. The van der Waals surface area contributed by atoms with Gasteiger partial charge < -0.3 is 19.9 Å². The predicted molar refractivity (Wildman–Crippen MR) is 117 cm³/mol. The van der Waals surface area contributed by atoms with Crippen LogP contribution in [0.2, 0.25) is 0 Å². The highest BCUT2D eigenvalue weighted by Crippen LogP contribution is 2.21. The predicted octanol–water partition coefficient (Wildman–Crippen LogP) is 4.34. The van der Waals surface area contributed by atoms with Crippen molar-refractivity contribution >= 4 is 6.03 Å². The number of benzene rings is 2.